The lowest BCUT2D eigenvalue weighted by Crippen LogP contribution is -2.43. The van der Waals surface area contributed by atoms with Crippen molar-refractivity contribution < 1.29 is 14.3 Å². The Kier molecular flexibility index (Phi) is 5.20. The fourth-order valence-corrected chi connectivity index (χ4v) is 4.09. The van der Waals surface area contributed by atoms with Crippen molar-refractivity contribution in [1.29, 1.82) is 0 Å². The van der Waals surface area contributed by atoms with Gasteiger partial charge in [0.25, 0.3) is 5.91 Å². The van der Waals surface area contributed by atoms with Crippen LogP contribution in [0, 0.1) is 6.92 Å². The van der Waals surface area contributed by atoms with Gasteiger partial charge in [0.1, 0.15) is 6.04 Å². The number of amides is 1. The van der Waals surface area contributed by atoms with Crippen LogP contribution in [0.3, 0.4) is 0 Å². The molecule has 1 aliphatic rings. The van der Waals surface area contributed by atoms with Crippen LogP contribution >= 0.6 is 15.9 Å². The highest BCUT2D eigenvalue weighted by Crippen LogP contribution is 2.34. The second-order valence-corrected chi connectivity index (χ2v) is 7.80. The van der Waals surface area contributed by atoms with Gasteiger partial charge in [-0.2, -0.15) is 0 Å². The highest BCUT2D eigenvalue weighted by Gasteiger charge is 2.39. The predicted molar refractivity (Wildman–Crippen MR) is 115 cm³/mol. The number of fused-ring (bicyclic) bond motifs is 1. The van der Waals surface area contributed by atoms with E-state index in [4.69, 9.17) is 4.74 Å². The molecule has 4 rings (SSSR count). The fraction of sp³-hybridized carbons (Fsp3) is 0.174. The first-order chi connectivity index (χ1) is 14.0. The van der Waals surface area contributed by atoms with E-state index >= 15 is 0 Å². The van der Waals surface area contributed by atoms with Gasteiger partial charge in [-0.1, -0.05) is 46.3 Å². The number of para-hydroxylation sites is 1. The first-order valence-electron chi connectivity index (χ1n) is 9.22. The SMILES string of the molecule is COC(=O)C1Cc2ccccc2N1C(=O)c1ccc(-c2cccc(Br)c2)nc1C. The number of benzene rings is 2. The van der Waals surface area contributed by atoms with Gasteiger partial charge in [-0.25, -0.2) is 4.79 Å². The van der Waals surface area contributed by atoms with Crippen molar-refractivity contribution in [2.45, 2.75) is 19.4 Å². The molecule has 1 unspecified atom stereocenters. The molecular weight excluding hydrogens is 432 g/mol. The van der Waals surface area contributed by atoms with Crippen LogP contribution in [0.1, 0.15) is 21.6 Å². The second kappa shape index (κ2) is 7.79. The van der Waals surface area contributed by atoms with E-state index in [1.54, 1.807) is 6.07 Å². The summed E-state index contributed by atoms with van der Waals surface area (Å²) < 4.78 is 5.91. The van der Waals surface area contributed by atoms with Crippen molar-refractivity contribution in [3.8, 4) is 11.3 Å². The maximum atomic E-state index is 13.4. The Hall–Kier alpha value is -2.99. The molecule has 0 spiro atoms. The smallest absolute Gasteiger partial charge is 0.329 e. The summed E-state index contributed by atoms with van der Waals surface area (Å²) in [4.78, 5) is 32.0. The average Bonchev–Trinajstić information content (AvgIpc) is 3.12. The Morgan fingerprint density at radius 2 is 1.90 bits per heavy atom. The molecule has 5 nitrogen and oxygen atoms in total. The van der Waals surface area contributed by atoms with E-state index < -0.39 is 12.0 Å². The first kappa shape index (κ1) is 19.3. The topological polar surface area (TPSA) is 59.5 Å². The van der Waals surface area contributed by atoms with E-state index in [1.165, 1.54) is 12.0 Å². The van der Waals surface area contributed by atoms with Crippen LogP contribution in [0.2, 0.25) is 0 Å². The molecule has 1 aliphatic heterocycles. The Bertz CT molecular complexity index is 1110. The predicted octanol–water partition coefficient (Wildman–Crippen LogP) is 4.56. The van der Waals surface area contributed by atoms with Crippen molar-refractivity contribution in [3.05, 3.63) is 82.0 Å². The summed E-state index contributed by atoms with van der Waals surface area (Å²) in [6.45, 7) is 1.81. The van der Waals surface area contributed by atoms with Crippen molar-refractivity contribution in [2.24, 2.45) is 0 Å². The number of anilines is 1. The number of hydrogen-bond donors (Lipinski definition) is 0. The minimum Gasteiger partial charge on any atom is -0.467 e. The molecule has 3 aromatic rings. The third-order valence-corrected chi connectivity index (χ3v) is 5.60. The van der Waals surface area contributed by atoms with Gasteiger partial charge in [-0.05, 0) is 42.8 Å². The third-order valence-electron chi connectivity index (χ3n) is 5.10. The van der Waals surface area contributed by atoms with Crippen LogP contribution in [0.25, 0.3) is 11.3 Å². The number of hydrogen-bond acceptors (Lipinski definition) is 4. The average molecular weight is 451 g/mol. The molecule has 0 radical (unpaired) electrons. The molecule has 1 atom stereocenters. The number of ether oxygens (including phenoxy) is 1. The van der Waals surface area contributed by atoms with Gasteiger partial charge in [0.15, 0.2) is 0 Å². The normalized spacial score (nSPS) is 15.1. The number of methoxy groups -OCH3 is 1. The number of carbonyl (C=O) groups excluding carboxylic acids is 2. The molecule has 0 bridgehead atoms. The largest absolute Gasteiger partial charge is 0.467 e. The molecule has 29 heavy (non-hydrogen) atoms. The molecule has 1 amide bonds. The van der Waals surface area contributed by atoms with Gasteiger partial charge in [0.05, 0.1) is 24.1 Å². The molecule has 1 aromatic heterocycles. The van der Waals surface area contributed by atoms with E-state index in [0.29, 0.717) is 17.7 Å². The fourth-order valence-electron chi connectivity index (χ4n) is 3.69. The molecule has 0 saturated heterocycles. The van der Waals surface area contributed by atoms with Crippen LogP contribution < -0.4 is 4.90 Å². The molecule has 0 saturated carbocycles. The zero-order chi connectivity index (χ0) is 20.5. The van der Waals surface area contributed by atoms with Crippen molar-refractivity contribution >= 4 is 33.5 Å². The quantitative estimate of drug-likeness (QED) is 0.548. The molecule has 0 fully saturated rings. The first-order valence-corrected chi connectivity index (χ1v) is 10.0. The molecule has 146 valence electrons. The summed E-state index contributed by atoms with van der Waals surface area (Å²) in [5, 5.41) is 0. The molecule has 2 heterocycles. The summed E-state index contributed by atoms with van der Waals surface area (Å²) in [7, 11) is 1.34. The van der Waals surface area contributed by atoms with Gasteiger partial charge in [-0.3, -0.25) is 14.7 Å². The zero-order valence-electron chi connectivity index (χ0n) is 16.1. The summed E-state index contributed by atoms with van der Waals surface area (Å²) in [5.41, 5.74) is 4.51. The Morgan fingerprint density at radius 3 is 2.62 bits per heavy atom. The van der Waals surface area contributed by atoms with E-state index in [-0.39, 0.29) is 5.91 Å². The molecule has 0 N–H and O–H groups in total. The highest BCUT2D eigenvalue weighted by molar-refractivity contribution is 9.10. The van der Waals surface area contributed by atoms with E-state index in [0.717, 1.165) is 27.0 Å². The van der Waals surface area contributed by atoms with Crippen LogP contribution in [-0.2, 0) is 16.0 Å². The van der Waals surface area contributed by atoms with Crippen LogP contribution in [-0.4, -0.2) is 30.0 Å². The number of carbonyl (C=O) groups is 2. The molecule has 6 heteroatoms. The molecular formula is C23H19BrN2O3. The number of esters is 1. The van der Waals surface area contributed by atoms with Crippen molar-refractivity contribution in [1.82, 2.24) is 4.98 Å². The van der Waals surface area contributed by atoms with Gasteiger partial charge in [0.2, 0.25) is 0 Å². The number of aromatic nitrogens is 1. The van der Waals surface area contributed by atoms with Gasteiger partial charge < -0.3 is 4.74 Å². The van der Waals surface area contributed by atoms with Gasteiger partial charge in [0, 0.05) is 22.1 Å². The number of pyridine rings is 1. The Balaban J connectivity index is 1.72. The van der Waals surface area contributed by atoms with Crippen LogP contribution in [0.15, 0.2) is 65.1 Å². The zero-order valence-corrected chi connectivity index (χ0v) is 17.6. The van der Waals surface area contributed by atoms with E-state index in [1.807, 2.05) is 61.5 Å². The third kappa shape index (κ3) is 3.56. The number of nitrogens with zero attached hydrogens (tertiary/aromatic N) is 2. The number of aryl methyl sites for hydroxylation is 1. The lowest BCUT2D eigenvalue weighted by atomic mass is 10.1. The number of halogens is 1. The highest BCUT2D eigenvalue weighted by atomic mass is 79.9. The summed E-state index contributed by atoms with van der Waals surface area (Å²) in [6.07, 6.45) is 0.442. The summed E-state index contributed by atoms with van der Waals surface area (Å²) in [5.74, 6) is -0.679. The standard InChI is InChI=1S/C23H19BrN2O3/c1-14-18(10-11-19(25-14)15-7-5-8-17(24)12-15)22(27)26-20-9-4-3-6-16(20)13-21(26)23(28)29-2/h3-12,21H,13H2,1-2H3. The van der Waals surface area contributed by atoms with E-state index in [9.17, 15) is 9.59 Å². The Labute approximate surface area is 177 Å². The van der Waals surface area contributed by atoms with Gasteiger partial charge >= 0.3 is 5.97 Å². The second-order valence-electron chi connectivity index (χ2n) is 6.89. The summed E-state index contributed by atoms with van der Waals surface area (Å²) in [6, 6.07) is 18.3. The van der Waals surface area contributed by atoms with Crippen LogP contribution in [0.4, 0.5) is 5.69 Å². The lowest BCUT2D eigenvalue weighted by Gasteiger charge is -2.24. The maximum absolute atomic E-state index is 13.4. The minimum atomic E-state index is -0.672. The van der Waals surface area contributed by atoms with Crippen LogP contribution in [0.5, 0.6) is 0 Å². The van der Waals surface area contributed by atoms with Crippen molar-refractivity contribution in [3.63, 3.8) is 0 Å². The minimum absolute atomic E-state index is 0.254. The molecule has 2 aromatic carbocycles. The van der Waals surface area contributed by atoms with Crippen molar-refractivity contribution in [2.75, 3.05) is 12.0 Å². The lowest BCUT2D eigenvalue weighted by molar-refractivity contribution is -0.141. The molecule has 0 aliphatic carbocycles. The number of rotatable bonds is 3. The monoisotopic (exact) mass is 450 g/mol. The maximum Gasteiger partial charge on any atom is 0.329 e. The summed E-state index contributed by atoms with van der Waals surface area (Å²) >= 11 is 3.47. The van der Waals surface area contributed by atoms with Gasteiger partial charge in [-0.15, -0.1) is 0 Å². The Morgan fingerprint density at radius 1 is 1.10 bits per heavy atom. The van der Waals surface area contributed by atoms with E-state index in [2.05, 4.69) is 20.9 Å².